The Kier molecular flexibility index (Phi) is 9.19. The van der Waals surface area contributed by atoms with E-state index >= 15 is 0 Å². The average molecular weight is 610 g/mol. The second kappa shape index (κ2) is 12.5. The number of carbonyl (C=O) groups is 1. The molecule has 10 nitrogen and oxygen atoms in total. The predicted octanol–water partition coefficient (Wildman–Crippen LogP) is 3.70. The summed E-state index contributed by atoms with van der Waals surface area (Å²) in [6.07, 6.45) is -3.10. The molecule has 224 valence electrons. The second-order valence-corrected chi connectivity index (χ2v) is 11.5. The Morgan fingerprint density at radius 1 is 1.19 bits per heavy atom. The van der Waals surface area contributed by atoms with Crippen LogP contribution in [0.3, 0.4) is 0 Å². The molecule has 2 atom stereocenters. The number of nitrogens with two attached hydrogens (primary N) is 1. The van der Waals surface area contributed by atoms with Crippen LogP contribution in [0.5, 0.6) is 5.75 Å². The molecule has 2 unspecified atom stereocenters. The van der Waals surface area contributed by atoms with Crippen molar-refractivity contribution >= 4 is 16.0 Å². The molecule has 4 rings (SSSR count). The first-order chi connectivity index (χ1) is 19.8. The highest BCUT2D eigenvalue weighted by atomic mass is 32.2. The number of carbonyl (C=O) groups excluding carboxylic acids is 1. The summed E-state index contributed by atoms with van der Waals surface area (Å²) < 4.78 is 82.0. The Morgan fingerprint density at radius 3 is 2.50 bits per heavy atom. The van der Waals surface area contributed by atoms with Crippen LogP contribution in [0.4, 0.5) is 17.6 Å². The van der Waals surface area contributed by atoms with Gasteiger partial charge >= 0.3 is 16.3 Å². The molecule has 42 heavy (non-hydrogen) atoms. The average Bonchev–Trinajstić information content (AvgIpc) is 3.33. The van der Waals surface area contributed by atoms with Crippen LogP contribution >= 0.6 is 0 Å². The van der Waals surface area contributed by atoms with Crippen molar-refractivity contribution in [1.29, 1.82) is 5.26 Å². The molecule has 0 bridgehead atoms. The third kappa shape index (κ3) is 7.44. The lowest BCUT2D eigenvalue weighted by Crippen LogP contribution is -2.49. The topological polar surface area (TPSA) is 160 Å². The van der Waals surface area contributed by atoms with Crippen molar-refractivity contribution in [2.75, 3.05) is 5.75 Å². The van der Waals surface area contributed by atoms with Crippen LogP contribution in [-0.4, -0.2) is 53.0 Å². The number of hydrogen-bond donors (Lipinski definition) is 3. The molecule has 0 saturated heterocycles. The lowest BCUT2D eigenvalue weighted by atomic mass is 9.91. The Morgan fingerprint density at radius 2 is 1.88 bits per heavy atom. The molecule has 4 N–H and O–H groups in total. The van der Waals surface area contributed by atoms with Gasteiger partial charge < -0.3 is 20.3 Å². The normalized spacial score (nSPS) is 17.5. The van der Waals surface area contributed by atoms with Crippen molar-refractivity contribution in [2.45, 2.75) is 57.0 Å². The van der Waals surface area contributed by atoms with E-state index in [2.05, 4.69) is 10.3 Å². The lowest BCUT2D eigenvalue weighted by Gasteiger charge is -2.29. The van der Waals surface area contributed by atoms with Crippen LogP contribution in [0.2, 0.25) is 0 Å². The molecule has 1 heterocycles. The number of imidazole rings is 1. The first-order valence-electron chi connectivity index (χ1n) is 12.9. The number of nitriles is 1. The van der Waals surface area contributed by atoms with Gasteiger partial charge in [0.2, 0.25) is 0 Å². The van der Waals surface area contributed by atoms with Crippen LogP contribution in [0.25, 0.3) is 17.1 Å². The van der Waals surface area contributed by atoms with Crippen molar-refractivity contribution < 1.29 is 40.1 Å². The number of aromatic nitrogens is 2. The highest BCUT2D eigenvalue weighted by molar-refractivity contribution is 7.87. The maximum Gasteiger partial charge on any atom is 0.390 e. The van der Waals surface area contributed by atoms with Crippen LogP contribution in [-0.2, 0) is 16.7 Å². The summed E-state index contributed by atoms with van der Waals surface area (Å²) in [5, 5.41) is 22.5. The van der Waals surface area contributed by atoms with Crippen molar-refractivity contribution in [3.05, 3.63) is 65.2 Å². The van der Waals surface area contributed by atoms with E-state index in [1.807, 2.05) is 6.07 Å². The summed E-state index contributed by atoms with van der Waals surface area (Å²) in [6.45, 7) is -0.697. The largest absolute Gasteiger partial charge is 0.390 e. The Balaban J connectivity index is 1.75. The third-order valence-electron chi connectivity index (χ3n) is 6.71. The third-order valence-corrected chi connectivity index (χ3v) is 7.86. The minimum atomic E-state index is -4.69. The van der Waals surface area contributed by atoms with Gasteiger partial charge in [-0.15, -0.1) is 0 Å². The summed E-state index contributed by atoms with van der Waals surface area (Å²) in [6, 6.07) is 9.64. The molecule has 1 saturated carbocycles. The Bertz CT molecular complexity index is 1600. The van der Waals surface area contributed by atoms with E-state index in [4.69, 9.17) is 9.92 Å². The zero-order valence-corrected chi connectivity index (χ0v) is 22.9. The number of hydrogen-bond acceptors (Lipinski definition) is 8. The molecule has 1 fully saturated rings. The summed E-state index contributed by atoms with van der Waals surface area (Å²) in [7, 11) is -4.56. The summed E-state index contributed by atoms with van der Waals surface area (Å²) in [5.74, 6) is -2.96. The number of aliphatic hydroxyl groups excluding tert-OH is 1. The first kappa shape index (κ1) is 30.9. The summed E-state index contributed by atoms with van der Waals surface area (Å²) >= 11 is 0. The maximum absolute atomic E-state index is 14.4. The van der Waals surface area contributed by atoms with Gasteiger partial charge in [0, 0.05) is 23.3 Å². The highest BCUT2D eigenvalue weighted by Gasteiger charge is 2.31. The number of benzene rings is 2. The van der Waals surface area contributed by atoms with Crippen molar-refractivity contribution in [2.24, 2.45) is 5.73 Å². The van der Waals surface area contributed by atoms with Gasteiger partial charge in [0.1, 0.15) is 17.4 Å². The molecule has 2 aromatic carbocycles. The number of amides is 1. The zero-order chi connectivity index (χ0) is 30.7. The number of nitrogens with zero attached hydrogens (tertiary/aromatic N) is 3. The van der Waals surface area contributed by atoms with Crippen molar-refractivity contribution in [1.82, 2.24) is 14.9 Å². The lowest BCUT2D eigenvalue weighted by molar-refractivity contribution is -0.130. The van der Waals surface area contributed by atoms with E-state index in [0.717, 1.165) is 31.4 Å². The summed E-state index contributed by atoms with van der Waals surface area (Å²) in [5.41, 5.74) is 6.28. The summed E-state index contributed by atoms with van der Waals surface area (Å²) in [4.78, 5) is 17.8. The number of aliphatic hydroxyl groups is 1. The van der Waals surface area contributed by atoms with E-state index in [-0.39, 0.29) is 51.9 Å². The van der Waals surface area contributed by atoms with E-state index in [1.165, 1.54) is 34.9 Å². The molecule has 3 aromatic rings. The molecule has 1 aliphatic rings. The first-order valence-corrected chi connectivity index (χ1v) is 14.5. The van der Waals surface area contributed by atoms with Gasteiger partial charge in [0.15, 0.2) is 5.69 Å². The Labute approximate surface area is 238 Å². The van der Waals surface area contributed by atoms with Gasteiger partial charge in [-0.2, -0.15) is 26.9 Å². The van der Waals surface area contributed by atoms with Crippen molar-refractivity contribution in [3.8, 4) is 28.9 Å². The molecule has 1 aliphatic carbocycles. The van der Waals surface area contributed by atoms with Crippen LogP contribution in [0, 0.1) is 17.1 Å². The molecule has 1 amide bonds. The number of halogens is 4. The predicted molar refractivity (Wildman–Crippen MR) is 142 cm³/mol. The highest BCUT2D eigenvalue weighted by Crippen LogP contribution is 2.30. The van der Waals surface area contributed by atoms with Crippen LogP contribution in [0.1, 0.15) is 53.8 Å². The minimum Gasteiger partial charge on any atom is -0.390 e. The minimum absolute atomic E-state index is 0.00103. The van der Waals surface area contributed by atoms with Crippen LogP contribution in [0.15, 0.2) is 42.5 Å². The molecule has 0 spiro atoms. The standard InChI is InChI=1S/C27H27F4N5O5S/c28-18-12-16(14-32)11-17(13-18)25-35-24(26(38)34-22-4-2-1-3-21(22)33)23(15-37)36(25)19-5-7-20(8-6-19)41-42(39,40)10-9-27(29,30)31/h5-8,11-13,21-22,37H,1-4,9-10,15,33H2,(H,34,38). The van der Waals surface area contributed by atoms with E-state index in [0.29, 0.717) is 6.42 Å². The van der Waals surface area contributed by atoms with Gasteiger partial charge in [0.25, 0.3) is 5.91 Å². The smallest absolute Gasteiger partial charge is 0.390 e. The van der Waals surface area contributed by atoms with Gasteiger partial charge in [-0.1, -0.05) is 12.8 Å². The van der Waals surface area contributed by atoms with Crippen LogP contribution < -0.4 is 15.2 Å². The van der Waals surface area contributed by atoms with Crippen molar-refractivity contribution in [3.63, 3.8) is 0 Å². The van der Waals surface area contributed by atoms with E-state index in [9.17, 15) is 41.1 Å². The van der Waals surface area contributed by atoms with Gasteiger partial charge in [-0.05, 0) is 55.3 Å². The maximum atomic E-state index is 14.4. The molecule has 0 radical (unpaired) electrons. The number of nitrogens with one attached hydrogen (secondary N) is 1. The fourth-order valence-corrected chi connectivity index (χ4v) is 5.66. The molecule has 1 aromatic heterocycles. The molecule has 15 heteroatoms. The molecular weight excluding hydrogens is 582 g/mol. The fraction of sp³-hybridized carbons (Fsp3) is 0.370. The SMILES string of the molecule is N#Cc1cc(F)cc(-c2nc(C(=O)NC3CCCCC3N)c(CO)n2-c2ccc(OS(=O)(=O)CCC(F)(F)F)cc2)c1. The van der Waals surface area contributed by atoms with E-state index in [1.54, 1.807) is 0 Å². The zero-order valence-electron chi connectivity index (χ0n) is 22.1. The molecule has 0 aliphatic heterocycles. The fourth-order valence-electron chi connectivity index (χ4n) is 4.69. The van der Waals surface area contributed by atoms with Gasteiger partial charge in [0.05, 0.1) is 36.1 Å². The second-order valence-electron chi connectivity index (χ2n) is 9.80. The van der Waals surface area contributed by atoms with Gasteiger partial charge in [-0.25, -0.2) is 9.37 Å². The number of rotatable bonds is 9. The molecular formula is C27H27F4N5O5S. The Hall–Kier alpha value is -4.00. The van der Waals surface area contributed by atoms with Gasteiger partial charge in [-0.3, -0.25) is 9.36 Å². The quantitative estimate of drug-likeness (QED) is 0.245. The monoisotopic (exact) mass is 609 g/mol. The number of alkyl halides is 3. The van der Waals surface area contributed by atoms with E-state index < -0.39 is 46.8 Å².